The van der Waals surface area contributed by atoms with E-state index in [0.717, 1.165) is 37.3 Å². The number of halogens is 1. The first-order valence-electron chi connectivity index (χ1n) is 13.9. The van der Waals surface area contributed by atoms with Gasteiger partial charge in [0.15, 0.2) is 18.2 Å². The molecule has 0 aliphatic heterocycles. The maximum absolute atomic E-state index is 12.4. The second kappa shape index (κ2) is 12.1. The molecule has 0 aliphatic carbocycles. The van der Waals surface area contributed by atoms with Gasteiger partial charge in [0.05, 0.1) is 29.7 Å². The molecule has 0 aliphatic rings. The number of aromatic nitrogens is 10. The van der Waals surface area contributed by atoms with E-state index in [0.29, 0.717) is 44.8 Å². The second-order valence-electron chi connectivity index (χ2n) is 10.7. The maximum Gasteiger partial charge on any atom is 0.242 e. The standard InChI is InChI=1S/C19H19N7O.C12H9ClN4O/c1-12(2)13-7-19(24-20-8-13)23-18-5-4-17-16(22-18)6-14(11-26(17)27)15-9-21-25(3)10-15;1-16-6-9(5-14-16)8-4-10-11(17(18)7-8)2-3-12(13)15-10/h4-12H,1-3H3,(H,22,23,24);2-7H,1H3. The minimum Gasteiger partial charge on any atom is -0.618 e. The van der Waals surface area contributed by atoms with E-state index < -0.39 is 0 Å². The lowest BCUT2D eigenvalue weighted by Crippen LogP contribution is -2.26. The Labute approximate surface area is 262 Å². The second-order valence-corrected chi connectivity index (χ2v) is 11.1. The van der Waals surface area contributed by atoms with Gasteiger partial charge in [-0.15, -0.1) is 5.10 Å². The van der Waals surface area contributed by atoms with Crippen molar-refractivity contribution >= 4 is 45.3 Å². The van der Waals surface area contributed by atoms with Crippen LogP contribution in [0.25, 0.3) is 44.3 Å². The molecule has 13 nitrogen and oxygen atoms in total. The van der Waals surface area contributed by atoms with Crippen LogP contribution in [0.5, 0.6) is 0 Å². The lowest BCUT2D eigenvalue weighted by molar-refractivity contribution is -0.576. The third kappa shape index (κ3) is 6.48. The highest BCUT2D eigenvalue weighted by Crippen LogP contribution is 2.24. The van der Waals surface area contributed by atoms with Crippen LogP contribution in [-0.4, -0.2) is 39.7 Å². The highest BCUT2D eigenvalue weighted by molar-refractivity contribution is 6.29. The first kappa shape index (κ1) is 29.4. The van der Waals surface area contributed by atoms with Crippen LogP contribution in [0.2, 0.25) is 5.15 Å². The molecule has 0 saturated carbocycles. The summed E-state index contributed by atoms with van der Waals surface area (Å²) >= 11 is 5.83. The molecule has 0 fully saturated rings. The predicted octanol–water partition coefficient (Wildman–Crippen LogP) is 4.85. The molecular weight excluding hydrogens is 594 g/mol. The van der Waals surface area contributed by atoms with Crippen LogP contribution < -0.4 is 14.8 Å². The Kier molecular flexibility index (Phi) is 7.92. The number of nitrogens with zero attached hydrogens (tertiary/aromatic N) is 10. The van der Waals surface area contributed by atoms with E-state index in [1.165, 1.54) is 12.4 Å². The van der Waals surface area contributed by atoms with Gasteiger partial charge in [-0.3, -0.25) is 9.36 Å². The van der Waals surface area contributed by atoms with Crippen molar-refractivity contribution in [3.8, 4) is 22.3 Å². The van der Waals surface area contributed by atoms with E-state index in [9.17, 15) is 10.4 Å². The number of aryl methyl sites for hydroxylation is 2. The fraction of sp³-hybridized carbons (Fsp3) is 0.161. The van der Waals surface area contributed by atoms with Crippen molar-refractivity contribution < 1.29 is 9.46 Å². The number of fused-ring (bicyclic) bond motifs is 2. The van der Waals surface area contributed by atoms with Gasteiger partial charge in [-0.1, -0.05) is 25.4 Å². The number of anilines is 2. The third-order valence-electron chi connectivity index (χ3n) is 7.02. The molecule has 14 heteroatoms. The fourth-order valence-corrected chi connectivity index (χ4v) is 4.83. The van der Waals surface area contributed by atoms with Crippen molar-refractivity contribution in [2.75, 3.05) is 5.32 Å². The van der Waals surface area contributed by atoms with Crippen molar-refractivity contribution in [2.24, 2.45) is 14.1 Å². The fourth-order valence-electron chi connectivity index (χ4n) is 4.67. The molecule has 7 heterocycles. The summed E-state index contributed by atoms with van der Waals surface area (Å²) in [6, 6.07) is 12.4. The Morgan fingerprint density at radius 3 is 1.87 bits per heavy atom. The molecule has 0 spiro atoms. The molecule has 0 aromatic carbocycles. The molecule has 0 bridgehead atoms. The van der Waals surface area contributed by atoms with Crippen LogP contribution in [0.4, 0.5) is 11.6 Å². The van der Waals surface area contributed by atoms with Gasteiger partial charge in [-0.2, -0.15) is 24.8 Å². The minimum absolute atomic E-state index is 0.354. The van der Waals surface area contributed by atoms with Crippen molar-refractivity contribution in [1.82, 2.24) is 39.7 Å². The van der Waals surface area contributed by atoms with E-state index in [-0.39, 0.29) is 0 Å². The maximum atomic E-state index is 12.4. The first-order valence-corrected chi connectivity index (χ1v) is 14.3. The monoisotopic (exact) mass is 621 g/mol. The molecular formula is C31H28ClN11O2. The van der Waals surface area contributed by atoms with Crippen molar-refractivity contribution in [3.63, 3.8) is 0 Å². The van der Waals surface area contributed by atoms with Crippen LogP contribution in [-0.2, 0) is 14.1 Å². The van der Waals surface area contributed by atoms with Crippen molar-refractivity contribution in [2.45, 2.75) is 19.8 Å². The summed E-state index contributed by atoms with van der Waals surface area (Å²) in [7, 11) is 3.66. The van der Waals surface area contributed by atoms with Gasteiger partial charge in [-0.05, 0) is 41.8 Å². The summed E-state index contributed by atoms with van der Waals surface area (Å²) in [4.78, 5) is 8.72. The highest BCUT2D eigenvalue weighted by atomic mass is 35.5. The SMILES string of the molecule is CC(C)c1cnnc(Nc2ccc3c(cc(-c4cnn(C)c4)c[n+]3[O-])n2)c1.Cn1cc(-c2cc3nc(Cl)ccc3[n+]([O-])c2)cn1. The number of hydrogen-bond acceptors (Lipinski definition) is 9. The summed E-state index contributed by atoms with van der Waals surface area (Å²) in [5.74, 6) is 1.57. The van der Waals surface area contributed by atoms with Gasteiger partial charge in [0.1, 0.15) is 22.0 Å². The molecule has 226 valence electrons. The minimum atomic E-state index is 0.354. The molecule has 0 radical (unpaired) electrons. The Balaban J connectivity index is 0.000000172. The average Bonchev–Trinajstić information content (AvgIpc) is 3.65. The van der Waals surface area contributed by atoms with Gasteiger partial charge < -0.3 is 15.7 Å². The van der Waals surface area contributed by atoms with Crippen molar-refractivity contribution in [3.05, 3.63) is 107 Å². The smallest absolute Gasteiger partial charge is 0.242 e. The quantitative estimate of drug-likeness (QED) is 0.161. The molecule has 0 saturated heterocycles. The Bertz CT molecular complexity index is 2160. The average molecular weight is 622 g/mol. The Morgan fingerprint density at radius 2 is 1.31 bits per heavy atom. The summed E-state index contributed by atoms with van der Waals surface area (Å²) in [6.45, 7) is 4.20. The molecule has 0 unspecified atom stereocenters. The van der Waals surface area contributed by atoms with E-state index >= 15 is 0 Å². The Morgan fingerprint density at radius 1 is 0.733 bits per heavy atom. The summed E-state index contributed by atoms with van der Waals surface area (Å²) in [5, 5.41) is 44.2. The van der Waals surface area contributed by atoms with Crippen molar-refractivity contribution in [1.29, 1.82) is 0 Å². The zero-order chi connectivity index (χ0) is 31.7. The van der Waals surface area contributed by atoms with Gasteiger partial charge in [0.2, 0.25) is 11.0 Å². The normalized spacial score (nSPS) is 11.2. The Hall–Kier alpha value is -5.69. The van der Waals surface area contributed by atoms with Gasteiger partial charge >= 0.3 is 0 Å². The van der Waals surface area contributed by atoms with Gasteiger partial charge in [0.25, 0.3) is 0 Å². The zero-order valence-electron chi connectivity index (χ0n) is 24.8. The number of pyridine rings is 4. The molecule has 0 amide bonds. The molecule has 7 rings (SSSR count). The lowest BCUT2D eigenvalue weighted by Gasteiger charge is -2.09. The van der Waals surface area contributed by atoms with Crippen LogP contribution >= 0.6 is 11.6 Å². The largest absolute Gasteiger partial charge is 0.618 e. The molecule has 7 aromatic rings. The van der Waals surface area contributed by atoms with Crippen LogP contribution in [0.3, 0.4) is 0 Å². The van der Waals surface area contributed by atoms with E-state index in [1.54, 1.807) is 52.2 Å². The van der Waals surface area contributed by atoms with E-state index in [4.69, 9.17) is 11.6 Å². The number of hydrogen-bond donors (Lipinski definition) is 1. The van der Waals surface area contributed by atoms with Gasteiger partial charge in [0, 0.05) is 49.7 Å². The molecule has 1 N–H and O–H groups in total. The molecule has 45 heavy (non-hydrogen) atoms. The predicted molar refractivity (Wildman–Crippen MR) is 170 cm³/mol. The highest BCUT2D eigenvalue weighted by Gasteiger charge is 2.13. The van der Waals surface area contributed by atoms with E-state index in [2.05, 4.69) is 49.5 Å². The lowest BCUT2D eigenvalue weighted by atomic mass is 10.1. The first-order chi connectivity index (χ1) is 21.6. The number of rotatable bonds is 5. The summed E-state index contributed by atoms with van der Waals surface area (Å²) in [5.41, 5.74) is 6.48. The molecule has 0 atom stereocenters. The van der Waals surface area contributed by atoms with E-state index in [1.807, 2.05) is 44.7 Å². The van der Waals surface area contributed by atoms with Crippen LogP contribution in [0.1, 0.15) is 25.3 Å². The summed E-state index contributed by atoms with van der Waals surface area (Å²) < 4.78 is 5.00. The number of nitrogens with one attached hydrogen (secondary N) is 1. The summed E-state index contributed by atoms with van der Waals surface area (Å²) in [6.07, 6.45) is 11.9. The van der Waals surface area contributed by atoms with Gasteiger partial charge in [-0.25, -0.2) is 9.97 Å². The van der Waals surface area contributed by atoms with Crippen LogP contribution in [0, 0.1) is 10.4 Å². The third-order valence-corrected chi connectivity index (χ3v) is 7.23. The van der Waals surface area contributed by atoms with Crippen LogP contribution in [0.15, 0.2) is 85.8 Å². The molecule has 7 aromatic heterocycles. The zero-order valence-corrected chi connectivity index (χ0v) is 25.6. The topological polar surface area (TPSA) is 153 Å².